The topological polar surface area (TPSA) is 71.0 Å². The second-order valence-electron chi connectivity index (χ2n) is 7.40. The monoisotopic (exact) mass is 469 g/mol. The lowest BCUT2D eigenvalue weighted by molar-refractivity contribution is -0.139. The molecule has 6 nitrogen and oxygen atoms in total. The maximum Gasteiger partial charge on any atom is 0.338 e. The summed E-state index contributed by atoms with van der Waals surface area (Å²) >= 11 is 1.32. The van der Waals surface area contributed by atoms with Crippen LogP contribution in [0.15, 0.2) is 75.9 Å². The molecule has 0 fully saturated rings. The third-order valence-electron chi connectivity index (χ3n) is 5.13. The van der Waals surface area contributed by atoms with Crippen LogP contribution in [-0.2, 0) is 14.3 Å². The van der Waals surface area contributed by atoms with Crippen molar-refractivity contribution in [3.8, 4) is 0 Å². The summed E-state index contributed by atoms with van der Waals surface area (Å²) in [5.74, 6) is -1.71. The lowest BCUT2D eigenvalue weighted by Gasteiger charge is -2.36. The number of ether oxygens (including phenoxy) is 1. The highest BCUT2D eigenvalue weighted by Crippen LogP contribution is 2.45. The van der Waals surface area contributed by atoms with Gasteiger partial charge in [0.1, 0.15) is 11.6 Å². The second kappa shape index (κ2) is 9.58. The van der Waals surface area contributed by atoms with Crippen LogP contribution in [-0.4, -0.2) is 28.6 Å². The van der Waals surface area contributed by atoms with E-state index in [9.17, 15) is 18.4 Å². The molecule has 2 aromatic carbocycles. The van der Waals surface area contributed by atoms with Crippen LogP contribution >= 0.6 is 11.8 Å². The fourth-order valence-electron chi connectivity index (χ4n) is 3.73. The second-order valence-corrected chi connectivity index (χ2v) is 8.24. The van der Waals surface area contributed by atoms with E-state index in [0.29, 0.717) is 33.4 Å². The molecule has 0 radical (unpaired) electrons. The number of thioether (sulfide) groups is 1. The molecule has 4 rings (SSSR count). The number of hydrogen-bond acceptors (Lipinski definition) is 6. The molecule has 9 heteroatoms. The molecule has 1 amide bonds. The first kappa shape index (κ1) is 22.7. The van der Waals surface area contributed by atoms with Crippen molar-refractivity contribution < 1.29 is 23.1 Å². The van der Waals surface area contributed by atoms with Gasteiger partial charge >= 0.3 is 5.97 Å². The van der Waals surface area contributed by atoms with E-state index in [1.54, 1.807) is 36.3 Å². The Morgan fingerprint density at radius 2 is 1.91 bits per heavy atom. The number of anilines is 1. The van der Waals surface area contributed by atoms with E-state index in [1.807, 2.05) is 0 Å². The third-order valence-corrected chi connectivity index (χ3v) is 6.02. The first-order valence-corrected chi connectivity index (χ1v) is 11.2. The molecule has 2 aliphatic rings. The fraction of sp³-hybridized carbons (Fsp3) is 0.208. The molecule has 0 saturated carbocycles. The van der Waals surface area contributed by atoms with Crippen LogP contribution < -0.4 is 5.32 Å². The van der Waals surface area contributed by atoms with E-state index in [0.717, 1.165) is 0 Å². The zero-order chi connectivity index (χ0) is 23.5. The van der Waals surface area contributed by atoms with Gasteiger partial charge in [0.15, 0.2) is 5.17 Å². The number of rotatable bonds is 6. The van der Waals surface area contributed by atoms with Gasteiger partial charge in [0.05, 0.1) is 30.3 Å². The molecule has 0 bridgehead atoms. The number of benzene rings is 2. The van der Waals surface area contributed by atoms with Gasteiger partial charge in [0.2, 0.25) is 5.91 Å². The molecule has 1 atom stereocenters. The Morgan fingerprint density at radius 3 is 2.61 bits per heavy atom. The Hall–Kier alpha value is -3.46. The summed E-state index contributed by atoms with van der Waals surface area (Å²) < 4.78 is 32.5. The van der Waals surface area contributed by atoms with Crippen molar-refractivity contribution in [2.24, 2.45) is 4.99 Å². The SMILES string of the molecule is CCOC(=O)C1=C(C)N=C2SC=C(CC(=O)Nc3ccc(F)cc3)N2C1c1cccc(F)c1. The zero-order valence-corrected chi connectivity index (χ0v) is 18.8. The maximum atomic E-state index is 14.1. The van der Waals surface area contributed by atoms with Gasteiger partial charge in [-0.3, -0.25) is 4.79 Å². The lowest BCUT2D eigenvalue weighted by atomic mass is 9.93. The maximum absolute atomic E-state index is 14.1. The van der Waals surface area contributed by atoms with Crippen molar-refractivity contribution >= 4 is 34.5 Å². The molecule has 1 N–H and O–H groups in total. The third kappa shape index (κ3) is 4.83. The number of carbonyl (C=O) groups excluding carboxylic acids is 2. The lowest BCUT2D eigenvalue weighted by Crippen LogP contribution is -2.37. The summed E-state index contributed by atoms with van der Waals surface area (Å²) in [6.07, 6.45) is -0.0234. The normalized spacial score (nSPS) is 17.3. The van der Waals surface area contributed by atoms with Crippen molar-refractivity contribution in [2.75, 3.05) is 11.9 Å². The van der Waals surface area contributed by atoms with Crippen molar-refractivity contribution in [3.63, 3.8) is 0 Å². The van der Waals surface area contributed by atoms with Crippen LogP contribution in [0, 0.1) is 11.6 Å². The van der Waals surface area contributed by atoms with E-state index in [-0.39, 0.29) is 18.9 Å². The Morgan fingerprint density at radius 1 is 1.15 bits per heavy atom. The highest BCUT2D eigenvalue weighted by Gasteiger charge is 2.41. The van der Waals surface area contributed by atoms with Gasteiger partial charge < -0.3 is 15.0 Å². The van der Waals surface area contributed by atoms with Crippen LogP contribution in [0.1, 0.15) is 31.9 Å². The summed E-state index contributed by atoms with van der Waals surface area (Å²) in [4.78, 5) is 31.9. The highest BCUT2D eigenvalue weighted by molar-refractivity contribution is 8.16. The van der Waals surface area contributed by atoms with E-state index in [1.165, 1.54) is 48.2 Å². The molecule has 0 spiro atoms. The van der Waals surface area contributed by atoms with E-state index in [2.05, 4.69) is 10.3 Å². The number of halogens is 2. The number of esters is 1. The highest BCUT2D eigenvalue weighted by atomic mass is 32.2. The summed E-state index contributed by atoms with van der Waals surface area (Å²) in [5, 5.41) is 5.10. The summed E-state index contributed by atoms with van der Waals surface area (Å²) in [6, 6.07) is 10.7. The number of hydrogen-bond donors (Lipinski definition) is 1. The number of allylic oxidation sites excluding steroid dienone is 1. The van der Waals surface area contributed by atoms with Gasteiger partial charge in [-0.05, 0) is 61.2 Å². The Balaban J connectivity index is 1.66. The number of aliphatic imine (C=N–C) groups is 1. The van der Waals surface area contributed by atoms with Crippen molar-refractivity contribution in [2.45, 2.75) is 26.3 Å². The predicted molar refractivity (Wildman–Crippen MR) is 123 cm³/mol. The van der Waals surface area contributed by atoms with Gasteiger partial charge in [-0.15, -0.1) is 0 Å². The molecule has 170 valence electrons. The molecule has 2 aliphatic heterocycles. The van der Waals surface area contributed by atoms with E-state index in [4.69, 9.17) is 4.74 Å². The summed E-state index contributed by atoms with van der Waals surface area (Å²) in [5.41, 5.74) is 2.37. The van der Waals surface area contributed by atoms with Crippen molar-refractivity contribution in [1.82, 2.24) is 4.90 Å². The van der Waals surface area contributed by atoms with Crippen LogP contribution in [0.3, 0.4) is 0 Å². The number of amides is 1. The number of amidine groups is 1. The molecule has 0 aliphatic carbocycles. The standard InChI is InChI=1S/C24H21F2N3O3S/c1-3-32-23(31)21-14(2)27-24-29(22(21)15-5-4-6-17(26)11-15)19(13-33-24)12-20(30)28-18-9-7-16(25)8-10-18/h4-11,13,22H,3,12H2,1-2H3,(H,28,30). The van der Waals surface area contributed by atoms with Gasteiger partial charge in [0, 0.05) is 11.4 Å². The van der Waals surface area contributed by atoms with Crippen molar-refractivity contribution in [3.05, 3.63) is 88.1 Å². The predicted octanol–water partition coefficient (Wildman–Crippen LogP) is 5.13. The smallest absolute Gasteiger partial charge is 0.338 e. The molecular formula is C24H21F2N3O3S. The number of fused-ring (bicyclic) bond motifs is 1. The van der Waals surface area contributed by atoms with Crippen LogP contribution in [0.25, 0.3) is 0 Å². The minimum atomic E-state index is -0.702. The quantitative estimate of drug-likeness (QED) is 0.594. The molecule has 2 aromatic rings. The van der Waals surface area contributed by atoms with Crippen LogP contribution in [0.2, 0.25) is 0 Å². The Bertz CT molecular complexity index is 1190. The summed E-state index contributed by atoms with van der Waals surface area (Å²) in [6.45, 7) is 3.60. The van der Waals surface area contributed by atoms with Gasteiger partial charge in [-0.1, -0.05) is 23.9 Å². The minimum Gasteiger partial charge on any atom is -0.463 e. The first-order valence-electron chi connectivity index (χ1n) is 10.3. The van der Waals surface area contributed by atoms with Gasteiger partial charge in [0.25, 0.3) is 0 Å². The molecular weight excluding hydrogens is 448 g/mol. The fourth-order valence-corrected chi connectivity index (χ4v) is 4.70. The average molecular weight is 470 g/mol. The molecule has 0 saturated heterocycles. The summed E-state index contributed by atoms with van der Waals surface area (Å²) in [7, 11) is 0. The molecule has 1 unspecified atom stereocenters. The van der Waals surface area contributed by atoms with Crippen LogP contribution in [0.5, 0.6) is 0 Å². The van der Waals surface area contributed by atoms with E-state index < -0.39 is 23.6 Å². The molecule has 0 aromatic heterocycles. The molecule has 2 heterocycles. The van der Waals surface area contributed by atoms with Crippen molar-refractivity contribution in [1.29, 1.82) is 0 Å². The average Bonchev–Trinajstić information content (AvgIpc) is 3.16. The van der Waals surface area contributed by atoms with Crippen LogP contribution in [0.4, 0.5) is 14.5 Å². The van der Waals surface area contributed by atoms with E-state index >= 15 is 0 Å². The number of nitrogens with zero attached hydrogens (tertiary/aromatic N) is 2. The molecule has 33 heavy (non-hydrogen) atoms. The number of carbonyl (C=O) groups is 2. The largest absolute Gasteiger partial charge is 0.463 e. The zero-order valence-electron chi connectivity index (χ0n) is 18.0. The Kier molecular flexibility index (Phi) is 6.60. The first-order chi connectivity index (χ1) is 15.9. The number of nitrogens with one attached hydrogen (secondary N) is 1. The minimum absolute atomic E-state index is 0.0234. The van der Waals surface area contributed by atoms with Gasteiger partial charge in [-0.25, -0.2) is 18.6 Å². The van der Waals surface area contributed by atoms with Gasteiger partial charge in [-0.2, -0.15) is 0 Å². The Labute approximate surface area is 194 Å².